The van der Waals surface area contributed by atoms with Crippen molar-refractivity contribution in [2.75, 3.05) is 6.61 Å². The quantitative estimate of drug-likeness (QED) is 0.213. The van der Waals surface area contributed by atoms with Gasteiger partial charge in [-0.3, -0.25) is 19.8 Å². The summed E-state index contributed by atoms with van der Waals surface area (Å²) in [5, 5.41) is 3.47. The molecule has 1 saturated heterocycles. The Kier molecular flexibility index (Phi) is 6.87. The molecular formula is C27H27N3O5S2. The topological polar surface area (TPSA) is 93.8 Å². The molecule has 1 N–H and O–H groups in total. The highest BCUT2D eigenvalue weighted by Crippen LogP contribution is 2.39. The van der Waals surface area contributed by atoms with Crippen molar-refractivity contribution < 1.29 is 23.5 Å². The summed E-state index contributed by atoms with van der Waals surface area (Å²) in [7, 11) is 0. The third-order valence-electron chi connectivity index (χ3n) is 6.69. The van der Waals surface area contributed by atoms with E-state index in [1.807, 2.05) is 24.5 Å². The van der Waals surface area contributed by atoms with Crippen LogP contribution in [0.5, 0.6) is 0 Å². The van der Waals surface area contributed by atoms with E-state index in [2.05, 4.69) is 5.32 Å². The molecule has 0 atom stereocenters. The maximum absolute atomic E-state index is 13.3. The van der Waals surface area contributed by atoms with Crippen molar-refractivity contribution in [1.82, 2.24) is 14.8 Å². The van der Waals surface area contributed by atoms with Gasteiger partial charge in [-0.15, -0.1) is 11.3 Å². The molecule has 1 aliphatic carbocycles. The number of hydrogen-bond acceptors (Lipinski definition) is 7. The van der Waals surface area contributed by atoms with Crippen LogP contribution in [0.3, 0.4) is 0 Å². The molecule has 0 unspecified atom stereocenters. The first-order valence-electron chi connectivity index (χ1n) is 12.2. The molecule has 0 bridgehead atoms. The molecule has 0 aromatic carbocycles. The van der Waals surface area contributed by atoms with Gasteiger partial charge in [0.05, 0.1) is 25.0 Å². The second-order valence-electron chi connectivity index (χ2n) is 9.06. The number of nitrogens with one attached hydrogen (secondary N) is 1. The summed E-state index contributed by atoms with van der Waals surface area (Å²) in [4.78, 5) is 41.7. The Labute approximate surface area is 223 Å². The molecule has 0 saturated carbocycles. The Morgan fingerprint density at radius 1 is 1.27 bits per heavy atom. The Bertz CT molecular complexity index is 1440. The second-order valence-corrected chi connectivity index (χ2v) is 10.5. The lowest BCUT2D eigenvalue weighted by molar-refractivity contribution is -0.129. The Morgan fingerprint density at radius 2 is 2.05 bits per heavy atom. The number of nitrogens with zero attached hydrogens (tertiary/aromatic N) is 2. The minimum Gasteiger partial charge on any atom is -0.467 e. The van der Waals surface area contributed by atoms with Crippen LogP contribution in [0.4, 0.5) is 0 Å². The fraction of sp³-hybridized carbons (Fsp3) is 0.333. The van der Waals surface area contributed by atoms with Gasteiger partial charge in [0.15, 0.2) is 5.11 Å². The molecule has 0 radical (unpaired) electrons. The van der Waals surface area contributed by atoms with E-state index in [1.165, 1.54) is 16.0 Å². The number of aromatic nitrogens is 1. The third kappa shape index (κ3) is 4.55. The first kappa shape index (κ1) is 25.2. The Balaban J connectivity index is 1.55. The second kappa shape index (κ2) is 10.1. The Morgan fingerprint density at radius 3 is 2.78 bits per heavy atom. The molecule has 2 amide bonds. The predicted octanol–water partition coefficient (Wildman–Crippen LogP) is 4.63. The van der Waals surface area contributed by atoms with Crippen LogP contribution in [-0.4, -0.2) is 39.0 Å². The van der Waals surface area contributed by atoms with Crippen LogP contribution in [-0.2, 0) is 33.7 Å². The normalized spacial score (nSPS) is 16.8. The first-order chi connectivity index (χ1) is 17.8. The minimum absolute atomic E-state index is 0.0171. The molecule has 2 aliphatic rings. The smallest absolute Gasteiger partial charge is 0.341 e. The molecule has 8 nitrogen and oxygen atoms in total. The molecule has 3 aromatic rings. The predicted molar refractivity (Wildman–Crippen MR) is 144 cm³/mol. The molecule has 1 fully saturated rings. The summed E-state index contributed by atoms with van der Waals surface area (Å²) in [5.74, 6) is -0.797. The zero-order valence-electron chi connectivity index (χ0n) is 20.9. The van der Waals surface area contributed by atoms with Gasteiger partial charge in [-0.25, -0.2) is 4.79 Å². The Hall–Kier alpha value is -3.50. The molecular weight excluding hydrogens is 510 g/mol. The van der Waals surface area contributed by atoms with Crippen LogP contribution in [0.1, 0.15) is 63.3 Å². The molecule has 3 aromatic heterocycles. The number of furan rings is 1. The van der Waals surface area contributed by atoms with E-state index in [1.54, 1.807) is 36.5 Å². The van der Waals surface area contributed by atoms with Crippen LogP contribution in [0.2, 0.25) is 0 Å². The van der Waals surface area contributed by atoms with Crippen LogP contribution in [0.15, 0.2) is 34.5 Å². The summed E-state index contributed by atoms with van der Waals surface area (Å²) >= 11 is 6.87. The highest BCUT2D eigenvalue weighted by molar-refractivity contribution is 7.80. The monoisotopic (exact) mass is 537 g/mol. The van der Waals surface area contributed by atoms with E-state index in [4.69, 9.17) is 21.4 Å². The lowest BCUT2D eigenvalue weighted by atomic mass is 9.95. The van der Waals surface area contributed by atoms with E-state index in [0.717, 1.165) is 47.6 Å². The average Bonchev–Trinajstić information content (AvgIpc) is 3.57. The van der Waals surface area contributed by atoms with Crippen LogP contribution in [0, 0.1) is 13.8 Å². The van der Waals surface area contributed by atoms with E-state index >= 15 is 0 Å². The summed E-state index contributed by atoms with van der Waals surface area (Å²) in [6.45, 7) is 6.09. The van der Waals surface area contributed by atoms with Crippen molar-refractivity contribution in [3.8, 4) is 5.00 Å². The van der Waals surface area contributed by atoms with Gasteiger partial charge >= 0.3 is 5.97 Å². The number of thiocarbonyl (C=S) groups is 1. The molecule has 192 valence electrons. The van der Waals surface area contributed by atoms with Gasteiger partial charge in [0.25, 0.3) is 11.8 Å². The van der Waals surface area contributed by atoms with Crippen LogP contribution >= 0.6 is 23.6 Å². The van der Waals surface area contributed by atoms with Crippen molar-refractivity contribution in [2.45, 2.75) is 53.0 Å². The standard InChI is InChI=1S/C27H27N3O5S2/c1-4-34-26(33)22-19-9-5-6-10-21(19)37-25(22)30-15(2)12-17(16(30)3)13-20-23(31)28-27(36)29(24(20)32)14-18-8-7-11-35-18/h7-8,11-13H,4-6,9-10,14H2,1-3H3,(H,28,31,36)/b20-13+. The largest absolute Gasteiger partial charge is 0.467 e. The highest BCUT2D eigenvalue weighted by atomic mass is 32.1. The number of aryl methyl sites for hydroxylation is 2. The lowest BCUT2D eigenvalue weighted by Gasteiger charge is -2.28. The van der Waals surface area contributed by atoms with E-state index in [0.29, 0.717) is 23.5 Å². The first-order valence-corrected chi connectivity index (χ1v) is 13.4. The van der Waals surface area contributed by atoms with E-state index in [9.17, 15) is 14.4 Å². The summed E-state index contributed by atoms with van der Waals surface area (Å²) < 4.78 is 12.8. The van der Waals surface area contributed by atoms with Crippen LogP contribution in [0.25, 0.3) is 11.1 Å². The van der Waals surface area contributed by atoms with Gasteiger partial charge in [-0.2, -0.15) is 0 Å². The summed E-state index contributed by atoms with van der Waals surface area (Å²) in [5.41, 5.74) is 4.12. The summed E-state index contributed by atoms with van der Waals surface area (Å²) in [6, 6.07) is 5.38. The molecule has 37 heavy (non-hydrogen) atoms. The lowest BCUT2D eigenvalue weighted by Crippen LogP contribution is -2.53. The number of carbonyl (C=O) groups is 3. The number of rotatable bonds is 6. The van der Waals surface area contributed by atoms with Gasteiger partial charge in [0, 0.05) is 16.3 Å². The fourth-order valence-electron chi connectivity index (χ4n) is 4.92. The van der Waals surface area contributed by atoms with E-state index in [-0.39, 0.29) is 23.2 Å². The zero-order valence-corrected chi connectivity index (χ0v) is 22.5. The number of ether oxygens (including phenoxy) is 1. The number of thiophene rings is 1. The number of fused-ring (bicyclic) bond motifs is 1. The van der Waals surface area contributed by atoms with Crippen molar-refractivity contribution >= 4 is 52.5 Å². The van der Waals surface area contributed by atoms with Gasteiger partial charge in [0.1, 0.15) is 16.3 Å². The van der Waals surface area contributed by atoms with Gasteiger partial charge in [0.2, 0.25) is 0 Å². The molecule has 0 spiro atoms. The van der Waals surface area contributed by atoms with Crippen LogP contribution < -0.4 is 5.32 Å². The molecule has 1 aliphatic heterocycles. The average molecular weight is 538 g/mol. The maximum atomic E-state index is 13.3. The maximum Gasteiger partial charge on any atom is 0.341 e. The van der Waals surface area contributed by atoms with Crippen molar-refractivity contribution in [1.29, 1.82) is 0 Å². The molecule has 10 heteroatoms. The molecule has 5 rings (SSSR count). The number of amides is 2. The van der Waals surface area contributed by atoms with Crippen molar-refractivity contribution in [3.05, 3.63) is 68.8 Å². The zero-order chi connectivity index (χ0) is 26.3. The third-order valence-corrected chi connectivity index (χ3v) is 8.28. The van der Waals surface area contributed by atoms with Crippen molar-refractivity contribution in [3.63, 3.8) is 0 Å². The minimum atomic E-state index is -0.547. The van der Waals surface area contributed by atoms with Gasteiger partial charge in [-0.05, 0) is 94.1 Å². The van der Waals surface area contributed by atoms with E-state index < -0.39 is 11.8 Å². The highest BCUT2D eigenvalue weighted by Gasteiger charge is 2.34. The number of hydrogen-bond donors (Lipinski definition) is 1. The SMILES string of the molecule is CCOC(=O)c1c(-n2c(C)cc(/C=C3\C(=O)NC(=S)N(Cc4ccco4)C3=O)c2C)sc2c1CCCC2. The summed E-state index contributed by atoms with van der Waals surface area (Å²) in [6.07, 6.45) is 7.06. The van der Waals surface area contributed by atoms with Gasteiger partial charge < -0.3 is 13.7 Å². The number of esters is 1. The fourth-order valence-corrected chi connectivity index (χ4v) is 6.65. The van der Waals surface area contributed by atoms with Gasteiger partial charge in [-0.1, -0.05) is 0 Å². The van der Waals surface area contributed by atoms with Crippen molar-refractivity contribution in [2.24, 2.45) is 0 Å². The molecule has 4 heterocycles. The number of carbonyl (C=O) groups excluding carboxylic acids is 3.